The Bertz CT molecular complexity index is 799. The molecule has 0 saturated carbocycles. The summed E-state index contributed by atoms with van der Waals surface area (Å²) in [7, 11) is 0. The van der Waals surface area contributed by atoms with E-state index in [1.807, 2.05) is 10.6 Å². The average Bonchev–Trinajstić information content (AvgIpc) is 2.90. The minimum atomic E-state index is 0.0513. The topological polar surface area (TPSA) is 114 Å². The fourth-order valence-corrected chi connectivity index (χ4v) is 2.33. The Labute approximate surface area is 127 Å². The van der Waals surface area contributed by atoms with E-state index >= 15 is 0 Å². The zero-order chi connectivity index (χ0) is 15.5. The maximum Gasteiger partial charge on any atom is 0.220 e. The number of nitrogens with zero attached hydrogens (tertiary/aromatic N) is 5. The van der Waals surface area contributed by atoms with Crippen molar-refractivity contribution in [2.75, 3.05) is 24.2 Å². The van der Waals surface area contributed by atoms with Gasteiger partial charge < -0.3 is 16.2 Å². The van der Waals surface area contributed by atoms with Crippen molar-refractivity contribution in [1.29, 1.82) is 0 Å². The van der Waals surface area contributed by atoms with E-state index in [4.69, 9.17) is 10.8 Å². The zero-order valence-corrected chi connectivity index (χ0v) is 12.2. The molecule has 22 heavy (non-hydrogen) atoms. The molecule has 0 fully saturated rings. The Morgan fingerprint density at radius 1 is 1.32 bits per heavy atom. The van der Waals surface area contributed by atoms with Gasteiger partial charge in [-0.05, 0) is 12.5 Å². The molecular formula is C14H17N7O. The van der Waals surface area contributed by atoms with Gasteiger partial charge in [-0.15, -0.1) is 0 Å². The number of imidazole rings is 1. The van der Waals surface area contributed by atoms with E-state index in [-0.39, 0.29) is 12.6 Å². The fourth-order valence-electron chi connectivity index (χ4n) is 2.33. The molecule has 0 atom stereocenters. The van der Waals surface area contributed by atoms with E-state index in [9.17, 15) is 0 Å². The van der Waals surface area contributed by atoms with E-state index < -0.39 is 0 Å². The summed E-state index contributed by atoms with van der Waals surface area (Å²) in [4.78, 5) is 17.0. The molecule has 8 nitrogen and oxygen atoms in total. The minimum Gasteiger partial charge on any atom is -0.395 e. The van der Waals surface area contributed by atoms with E-state index in [1.165, 1.54) is 0 Å². The van der Waals surface area contributed by atoms with Gasteiger partial charge in [0.1, 0.15) is 11.5 Å². The van der Waals surface area contributed by atoms with Gasteiger partial charge in [-0.1, -0.05) is 6.92 Å². The molecule has 0 radical (unpaired) electrons. The predicted molar refractivity (Wildman–Crippen MR) is 83.4 cm³/mol. The third-order valence-electron chi connectivity index (χ3n) is 3.28. The van der Waals surface area contributed by atoms with Gasteiger partial charge in [-0.3, -0.25) is 4.40 Å². The smallest absolute Gasteiger partial charge is 0.220 e. The summed E-state index contributed by atoms with van der Waals surface area (Å²) in [5.41, 5.74) is 8.88. The first-order valence-electron chi connectivity index (χ1n) is 7.03. The second kappa shape index (κ2) is 5.94. The third kappa shape index (κ3) is 2.56. The lowest BCUT2D eigenvalue weighted by Crippen LogP contribution is -2.08. The number of nitrogens with two attached hydrogens (primary N) is 1. The second-order valence-corrected chi connectivity index (χ2v) is 4.71. The SMILES string of the molecule is CCc1c(-c2ccnc(N)n2)nc2cnc(NCCO)cn12. The highest BCUT2D eigenvalue weighted by molar-refractivity contribution is 5.64. The number of nitrogen functional groups attached to an aromatic ring is 1. The number of fused-ring (bicyclic) bond motifs is 1. The van der Waals surface area contributed by atoms with Crippen LogP contribution < -0.4 is 11.1 Å². The molecule has 3 aromatic heterocycles. The first-order valence-corrected chi connectivity index (χ1v) is 7.03. The molecule has 0 aliphatic rings. The summed E-state index contributed by atoms with van der Waals surface area (Å²) >= 11 is 0. The van der Waals surface area contributed by atoms with Crippen LogP contribution >= 0.6 is 0 Å². The number of aliphatic hydroxyl groups is 1. The predicted octanol–water partition coefficient (Wildman–Crippen LogP) is 0.735. The van der Waals surface area contributed by atoms with Crippen molar-refractivity contribution in [3.8, 4) is 11.4 Å². The summed E-state index contributed by atoms with van der Waals surface area (Å²) in [6, 6.07) is 1.79. The molecule has 0 unspecified atom stereocenters. The quantitative estimate of drug-likeness (QED) is 0.636. The Hall–Kier alpha value is -2.74. The van der Waals surface area contributed by atoms with Crippen LogP contribution in [0.25, 0.3) is 17.0 Å². The van der Waals surface area contributed by atoms with Crippen molar-refractivity contribution in [3.63, 3.8) is 0 Å². The normalized spacial score (nSPS) is 11.0. The van der Waals surface area contributed by atoms with Crippen molar-refractivity contribution in [2.45, 2.75) is 13.3 Å². The van der Waals surface area contributed by atoms with Gasteiger partial charge in [0.2, 0.25) is 5.95 Å². The molecule has 0 saturated heterocycles. The lowest BCUT2D eigenvalue weighted by atomic mass is 10.2. The van der Waals surface area contributed by atoms with Crippen LogP contribution in [0.15, 0.2) is 24.7 Å². The summed E-state index contributed by atoms with van der Waals surface area (Å²) < 4.78 is 1.97. The molecule has 0 aromatic carbocycles. The van der Waals surface area contributed by atoms with Gasteiger partial charge in [0.25, 0.3) is 0 Å². The first-order chi connectivity index (χ1) is 10.7. The van der Waals surface area contributed by atoms with Crippen LogP contribution in [0.3, 0.4) is 0 Å². The van der Waals surface area contributed by atoms with Crippen molar-refractivity contribution in [3.05, 3.63) is 30.4 Å². The summed E-state index contributed by atoms with van der Waals surface area (Å²) in [5, 5.41) is 11.9. The molecular weight excluding hydrogens is 282 g/mol. The highest BCUT2D eigenvalue weighted by atomic mass is 16.3. The molecule has 0 aliphatic heterocycles. The van der Waals surface area contributed by atoms with E-state index in [0.717, 1.165) is 23.5 Å². The van der Waals surface area contributed by atoms with E-state index in [1.54, 1.807) is 18.5 Å². The highest BCUT2D eigenvalue weighted by Gasteiger charge is 2.14. The minimum absolute atomic E-state index is 0.0513. The largest absolute Gasteiger partial charge is 0.395 e. The number of nitrogens with one attached hydrogen (secondary N) is 1. The Balaban J connectivity index is 2.11. The van der Waals surface area contributed by atoms with Crippen molar-refractivity contribution < 1.29 is 5.11 Å². The van der Waals surface area contributed by atoms with Crippen LogP contribution in [-0.4, -0.2) is 42.6 Å². The van der Waals surface area contributed by atoms with Crippen LogP contribution in [0.5, 0.6) is 0 Å². The molecule has 0 bridgehead atoms. The Kier molecular flexibility index (Phi) is 3.84. The maximum absolute atomic E-state index is 8.88. The number of hydrogen-bond acceptors (Lipinski definition) is 7. The number of aromatic nitrogens is 5. The van der Waals surface area contributed by atoms with Crippen LogP contribution in [0.1, 0.15) is 12.6 Å². The number of hydrogen-bond donors (Lipinski definition) is 3. The first kappa shape index (κ1) is 14.2. The molecule has 114 valence electrons. The standard InChI is InChI=1S/C14H17N7O/c1-2-10-13(9-3-4-17-14(15)19-9)20-12-7-18-11(8-21(10)12)16-5-6-22/h3-4,7-8,16,22H,2,5-6H2,1H3,(H2,15,17,19). The molecule has 3 aromatic rings. The molecule has 0 spiro atoms. The van der Waals surface area contributed by atoms with E-state index in [2.05, 4.69) is 32.2 Å². The Morgan fingerprint density at radius 3 is 2.91 bits per heavy atom. The van der Waals surface area contributed by atoms with Crippen LogP contribution in [0.4, 0.5) is 11.8 Å². The summed E-state index contributed by atoms with van der Waals surface area (Å²) in [5.74, 6) is 0.905. The summed E-state index contributed by atoms with van der Waals surface area (Å²) in [6.07, 6.45) is 5.95. The molecule has 3 heterocycles. The number of anilines is 2. The van der Waals surface area contributed by atoms with Gasteiger partial charge in [0, 0.05) is 12.7 Å². The number of rotatable bonds is 5. The van der Waals surface area contributed by atoms with Gasteiger partial charge in [0.05, 0.1) is 30.4 Å². The highest BCUT2D eigenvalue weighted by Crippen LogP contribution is 2.24. The zero-order valence-electron chi connectivity index (χ0n) is 12.2. The van der Waals surface area contributed by atoms with Crippen molar-refractivity contribution in [1.82, 2.24) is 24.3 Å². The lowest BCUT2D eigenvalue weighted by molar-refractivity contribution is 0.311. The second-order valence-electron chi connectivity index (χ2n) is 4.71. The third-order valence-corrected chi connectivity index (χ3v) is 3.28. The van der Waals surface area contributed by atoms with Gasteiger partial charge in [-0.2, -0.15) is 0 Å². The van der Waals surface area contributed by atoms with Crippen LogP contribution in [0, 0.1) is 0 Å². The Morgan fingerprint density at radius 2 is 2.18 bits per heavy atom. The van der Waals surface area contributed by atoms with Crippen LogP contribution in [0.2, 0.25) is 0 Å². The molecule has 8 heteroatoms. The molecule has 4 N–H and O–H groups in total. The molecule has 0 aliphatic carbocycles. The van der Waals surface area contributed by atoms with Crippen molar-refractivity contribution >= 4 is 17.4 Å². The van der Waals surface area contributed by atoms with E-state index in [0.29, 0.717) is 18.1 Å². The lowest BCUT2D eigenvalue weighted by Gasteiger charge is -2.05. The maximum atomic E-state index is 8.88. The van der Waals surface area contributed by atoms with Gasteiger partial charge in [0.15, 0.2) is 5.65 Å². The van der Waals surface area contributed by atoms with Gasteiger partial charge in [-0.25, -0.2) is 19.9 Å². The number of aryl methyl sites for hydroxylation is 1. The average molecular weight is 299 g/mol. The van der Waals surface area contributed by atoms with Crippen LogP contribution in [-0.2, 0) is 6.42 Å². The molecule has 0 amide bonds. The molecule has 3 rings (SSSR count). The van der Waals surface area contributed by atoms with Crippen molar-refractivity contribution in [2.24, 2.45) is 0 Å². The number of aliphatic hydroxyl groups excluding tert-OH is 1. The summed E-state index contributed by atoms with van der Waals surface area (Å²) in [6.45, 7) is 2.55. The fraction of sp³-hybridized carbons (Fsp3) is 0.286. The monoisotopic (exact) mass is 299 g/mol. The van der Waals surface area contributed by atoms with Gasteiger partial charge >= 0.3 is 0 Å².